The predicted octanol–water partition coefficient (Wildman–Crippen LogP) is 3.01. The molecule has 0 spiro atoms. The van der Waals surface area contributed by atoms with Crippen molar-refractivity contribution in [1.82, 2.24) is 4.98 Å². The summed E-state index contributed by atoms with van der Waals surface area (Å²) in [4.78, 5) is 4.93. The molecule has 6 heteroatoms. The van der Waals surface area contributed by atoms with Gasteiger partial charge in [-0.05, 0) is 59.1 Å². The molecule has 0 radical (unpaired) electrons. The minimum absolute atomic E-state index is 0.382. The molecule has 1 aromatic heterocycles. The molecule has 0 aliphatic carbocycles. The average Bonchev–Trinajstić information content (AvgIpc) is 3.08. The third kappa shape index (κ3) is 3.72. The second kappa shape index (κ2) is 6.51. The minimum Gasteiger partial charge on any atom is -0.399 e. The van der Waals surface area contributed by atoms with E-state index in [4.69, 9.17) is 9.31 Å². The second-order valence-electron chi connectivity index (χ2n) is 7.78. The average molecular weight is 369 g/mol. The van der Waals surface area contributed by atoms with Gasteiger partial charge in [-0.2, -0.15) is 0 Å². The van der Waals surface area contributed by atoms with Crippen molar-refractivity contribution in [3.8, 4) is 11.8 Å². The van der Waals surface area contributed by atoms with Crippen molar-refractivity contribution in [2.45, 2.75) is 58.3 Å². The van der Waals surface area contributed by atoms with E-state index in [1.54, 1.807) is 13.1 Å². The summed E-state index contributed by atoms with van der Waals surface area (Å²) in [7, 11) is -0.425. The maximum Gasteiger partial charge on any atom is 0.494 e. The smallest absolute Gasteiger partial charge is 0.399 e. The summed E-state index contributed by atoms with van der Waals surface area (Å²) < 4.78 is 12.2. The van der Waals surface area contributed by atoms with E-state index in [0.29, 0.717) is 0 Å². The first kappa shape index (κ1) is 19.1. The van der Waals surface area contributed by atoms with Crippen molar-refractivity contribution in [1.29, 1.82) is 0 Å². The van der Waals surface area contributed by atoms with E-state index in [2.05, 4.69) is 16.8 Å². The Hall–Kier alpha value is -1.65. The van der Waals surface area contributed by atoms with Crippen LogP contribution in [0.2, 0.25) is 0 Å². The molecule has 1 aliphatic heterocycles. The Bertz CT molecular complexity index is 860. The molecule has 3 rings (SSSR count). The first-order chi connectivity index (χ1) is 12.0. The van der Waals surface area contributed by atoms with Gasteiger partial charge in [0.2, 0.25) is 0 Å². The van der Waals surface area contributed by atoms with Gasteiger partial charge in [0.15, 0.2) is 5.60 Å². The van der Waals surface area contributed by atoms with Crippen LogP contribution in [0.15, 0.2) is 30.5 Å². The molecule has 2 heterocycles. The molecule has 1 saturated heterocycles. The van der Waals surface area contributed by atoms with Crippen molar-refractivity contribution in [3.63, 3.8) is 0 Å². The monoisotopic (exact) mass is 369 g/mol. The Morgan fingerprint density at radius 2 is 1.85 bits per heavy atom. The number of hydrogen-bond donors (Lipinski definition) is 1. The fourth-order valence-electron chi connectivity index (χ4n) is 2.58. The molecular formula is C20H24BNO3S. The quantitative estimate of drug-likeness (QED) is 0.653. The van der Waals surface area contributed by atoms with E-state index in [1.807, 2.05) is 58.9 Å². The van der Waals surface area contributed by atoms with Crippen LogP contribution in [0.4, 0.5) is 0 Å². The van der Waals surface area contributed by atoms with Gasteiger partial charge in [-0.15, -0.1) is 11.3 Å². The molecule has 136 valence electrons. The molecular weight excluding hydrogens is 345 g/mol. The zero-order valence-corrected chi connectivity index (χ0v) is 16.9. The maximum absolute atomic E-state index is 10.6. The zero-order valence-electron chi connectivity index (χ0n) is 16.1. The van der Waals surface area contributed by atoms with Crippen LogP contribution < -0.4 is 5.46 Å². The van der Waals surface area contributed by atoms with E-state index in [1.165, 1.54) is 11.3 Å². The van der Waals surface area contributed by atoms with Gasteiger partial charge in [-0.3, -0.25) is 0 Å². The van der Waals surface area contributed by atoms with Crippen LogP contribution in [0, 0.1) is 18.8 Å². The van der Waals surface area contributed by atoms with Gasteiger partial charge in [-0.25, -0.2) is 4.98 Å². The lowest BCUT2D eigenvalue weighted by atomic mass is 9.78. The van der Waals surface area contributed by atoms with Crippen molar-refractivity contribution in [2.24, 2.45) is 0 Å². The second-order valence-corrected chi connectivity index (χ2v) is 9.01. The highest BCUT2D eigenvalue weighted by Crippen LogP contribution is 2.36. The summed E-state index contributed by atoms with van der Waals surface area (Å²) in [6, 6.07) is 7.76. The van der Waals surface area contributed by atoms with E-state index >= 15 is 0 Å². The fourth-order valence-corrected chi connectivity index (χ4v) is 3.36. The van der Waals surface area contributed by atoms with Crippen molar-refractivity contribution >= 4 is 23.9 Å². The first-order valence-corrected chi connectivity index (χ1v) is 9.46. The van der Waals surface area contributed by atoms with Crippen LogP contribution in [0.25, 0.3) is 0 Å². The van der Waals surface area contributed by atoms with Gasteiger partial charge in [0.05, 0.1) is 21.1 Å². The summed E-state index contributed by atoms with van der Waals surface area (Å²) in [6.07, 6.45) is 1.68. The van der Waals surface area contributed by atoms with Crippen LogP contribution in [0.5, 0.6) is 0 Å². The standard InChI is InChI=1S/C20H24BNO3S/c1-14-22-13-17(26-14)20(6,23)11-10-15-8-7-9-16(12-15)21-24-18(2,3)19(4,5)25-21/h7-9,12-13,23H,1-6H3. The number of benzene rings is 1. The maximum atomic E-state index is 10.6. The van der Waals surface area contributed by atoms with Crippen LogP contribution in [0.1, 0.15) is 50.1 Å². The molecule has 4 nitrogen and oxygen atoms in total. The number of aliphatic hydroxyl groups is 1. The van der Waals surface area contributed by atoms with Crippen molar-refractivity contribution in [3.05, 3.63) is 45.9 Å². The summed E-state index contributed by atoms with van der Waals surface area (Å²) in [5.74, 6) is 6.02. The minimum atomic E-state index is -1.23. The van der Waals surface area contributed by atoms with Crippen molar-refractivity contribution < 1.29 is 14.4 Å². The molecule has 1 aromatic carbocycles. The van der Waals surface area contributed by atoms with Gasteiger partial charge >= 0.3 is 7.12 Å². The largest absolute Gasteiger partial charge is 0.494 e. The Kier molecular flexibility index (Phi) is 4.79. The number of hydrogen-bond acceptors (Lipinski definition) is 5. The molecule has 1 atom stereocenters. The molecule has 0 bridgehead atoms. The summed E-state index contributed by atoms with van der Waals surface area (Å²) in [6.45, 7) is 11.7. The van der Waals surface area contributed by atoms with E-state index < -0.39 is 12.7 Å². The van der Waals surface area contributed by atoms with E-state index in [-0.39, 0.29) is 11.2 Å². The van der Waals surface area contributed by atoms with Gasteiger partial charge in [0.1, 0.15) is 0 Å². The number of aryl methyl sites for hydroxylation is 1. The highest BCUT2D eigenvalue weighted by atomic mass is 32.1. The molecule has 0 amide bonds. The Labute approximate surface area is 159 Å². The van der Waals surface area contributed by atoms with Gasteiger partial charge < -0.3 is 14.4 Å². The Balaban J connectivity index is 1.84. The first-order valence-electron chi connectivity index (χ1n) is 8.64. The highest BCUT2D eigenvalue weighted by molar-refractivity contribution is 7.11. The summed E-state index contributed by atoms with van der Waals surface area (Å²) in [5, 5.41) is 11.5. The molecule has 1 fully saturated rings. The third-order valence-corrected chi connectivity index (χ3v) is 6.09. The van der Waals surface area contributed by atoms with Gasteiger partial charge in [0, 0.05) is 11.8 Å². The van der Waals surface area contributed by atoms with Crippen LogP contribution in [0.3, 0.4) is 0 Å². The topological polar surface area (TPSA) is 51.6 Å². The SMILES string of the molecule is Cc1ncc(C(C)(O)C#Cc2cccc(B3OC(C)(C)C(C)(C)O3)c2)s1. The lowest BCUT2D eigenvalue weighted by Crippen LogP contribution is -2.41. The number of rotatable bonds is 2. The van der Waals surface area contributed by atoms with Crippen molar-refractivity contribution in [2.75, 3.05) is 0 Å². The predicted molar refractivity (Wildman–Crippen MR) is 105 cm³/mol. The van der Waals surface area contributed by atoms with E-state index in [0.717, 1.165) is 20.9 Å². The lowest BCUT2D eigenvalue weighted by Gasteiger charge is -2.32. The van der Waals surface area contributed by atoms with Gasteiger partial charge in [-0.1, -0.05) is 24.0 Å². The number of thiazole rings is 1. The lowest BCUT2D eigenvalue weighted by molar-refractivity contribution is 0.00578. The molecule has 0 saturated carbocycles. The van der Waals surface area contributed by atoms with Crippen LogP contribution >= 0.6 is 11.3 Å². The summed E-state index contributed by atoms with van der Waals surface area (Å²) >= 11 is 1.45. The fraction of sp³-hybridized carbons (Fsp3) is 0.450. The molecule has 2 aromatic rings. The molecule has 1 unspecified atom stereocenters. The Morgan fingerprint density at radius 1 is 1.19 bits per heavy atom. The van der Waals surface area contributed by atoms with Crippen LogP contribution in [-0.2, 0) is 14.9 Å². The van der Waals surface area contributed by atoms with Crippen LogP contribution in [-0.4, -0.2) is 28.4 Å². The van der Waals surface area contributed by atoms with E-state index in [9.17, 15) is 5.11 Å². The van der Waals surface area contributed by atoms with Gasteiger partial charge in [0.25, 0.3) is 0 Å². The summed E-state index contributed by atoms with van der Waals surface area (Å²) in [5.41, 5.74) is -0.269. The molecule has 1 aliphatic rings. The highest BCUT2D eigenvalue weighted by Gasteiger charge is 2.51. The number of aromatic nitrogens is 1. The molecule has 1 N–H and O–H groups in total. The zero-order chi connectivity index (χ0) is 19.2. The number of nitrogens with zero attached hydrogens (tertiary/aromatic N) is 1. The molecule has 26 heavy (non-hydrogen) atoms. The normalized spacial score (nSPS) is 20.3. The third-order valence-electron chi connectivity index (χ3n) is 4.96. The Morgan fingerprint density at radius 3 is 2.42 bits per heavy atom.